The molecule has 1 aromatic carbocycles. The Morgan fingerprint density at radius 1 is 1.36 bits per heavy atom. The summed E-state index contributed by atoms with van der Waals surface area (Å²) in [6.45, 7) is 2.09. The molecule has 0 aliphatic carbocycles. The molecule has 0 spiro atoms. The number of β-amino-alcohol motifs (C(OH)–C–C–N with tert-alkyl or cyclic N) is 1. The van der Waals surface area contributed by atoms with Gasteiger partial charge in [-0.15, -0.1) is 0 Å². The zero-order valence-electron chi connectivity index (χ0n) is 7.92. The summed E-state index contributed by atoms with van der Waals surface area (Å²) in [7, 11) is 0. The average Bonchev–Trinajstić information content (AvgIpc) is 2.60. The number of fused-ring (bicyclic) bond motifs is 1. The van der Waals surface area contributed by atoms with Crippen molar-refractivity contribution in [1.82, 2.24) is 5.32 Å². The fraction of sp³-hybridized carbons (Fsp3) is 0.455. The van der Waals surface area contributed by atoms with Gasteiger partial charge < -0.3 is 15.2 Å². The van der Waals surface area contributed by atoms with Crippen LogP contribution in [0.3, 0.4) is 0 Å². The van der Waals surface area contributed by atoms with Gasteiger partial charge in [0.2, 0.25) is 0 Å². The molecular weight excluding hydrogens is 178 g/mol. The van der Waals surface area contributed by atoms with E-state index in [9.17, 15) is 5.11 Å². The van der Waals surface area contributed by atoms with Crippen LogP contribution in [0, 0.1) is 0 Å². The summed E-state index contributed by atoms with van der Waals surface area (Å²) in [5.41, 5.74) is 1.60. The molecule has 0 aromatic heterocycles. The van der Waals surface area contributed by atoms with Crippen LogP contribution in [-0.4, -0.2) is 24.8 Å². The highest BCUT2D eigenvalue weighted by atomic mass is 16.5. The monoisotopic (exact) mass is 191 g/mol. The van der Waals surface area contributed by atoms with Crippen LogP contribution >= 0.6 is 0 Å². The molecular formula is C11H13NO2. The van der Waals surface area contributed by atoms with Crippen molar-refractivity contribution in [2.75, 3.05) is 19.7 Å². The first-order chi connectivity index (χ1) is 6.78. The van der Waals surface area contributed by atoms with Crippen molar-refractivity contribution in [3.05, 3.63) is 29.3 Å². The number of rotatable bonds is 1. The largest absolute Gasteiger partial charge is 0.493 e. The Morgan fingerprint density at radius 3 is 2.93 bits per heavy atom. The molecule has 3 nitrogen and oxygen atoms in total. The molecule has 2 aliphatic rings. The van der Waals surface area contributed by atoms with Crippen molar-refractivity contribution >= 4 is 0 Å². The van der Waals surface area contributed by atoms with Gasteiger partial charge in [0.1, 0.15) is 11.4 Å². The van der Waals surface area contributed by atoms with E-state index in [0.717, 1.165) is 24.3 Å². The Bertz CT molecular complexity index is 372. The maximum Gasteiger partial charge on any atom is 0.122 e. The first-order valence-electron chi connectivity index (χ1n) is 4.97. The molecule has 1 saturated heterocycles. The SMILES string of the molecule is OC1(c2ccc3c(c2)CCO3)CNC1. The Hall–Kier alpha value is -1.06. The second-order valence-corrected chi connectivity index (χ2v) is 4.06. The van der Waals surface area contributed by atoms with Gasteiger partial charge in [0, 0.05) is 19.5 Å². The molecule has 0 amide bonds. The quantitative estimate of drug-likeness (QED) is 0.675. The van der Waals surface area contributed by atoms with Gasteiger partial charge in [0.15, 0.2) is 0 Å². The van der Waals surface area contributed by atoms with Gasteiger partial charge in [-0.25, -0.2) is 0 Å². The normalized spacial score (nSPS) is 22.4. The second-order valence-electron chi connectivity index (χ2n) is 4.06. The van der Waals surface area contributed by atoms with Gasteiger partial charge in [-0.1, -0.05) is 6.07 Å². The van der Waals surface area contributed by atoms with E-state index in [-0.39, 0.29) is 0 Å². The fourth-order valence-electron chi connectivity index (χ4n) is 2.04. The smallest absolute Gasteiger partial charge is 0.122 e. The number of benzene rings is 1. The van der Waals surface area contributed by atoms with Gasteiger partial charge in [-0.3, -0.25) is 0 Å². The Morgan fingerprint density at radius 2 is 2.21 bits per heavy atom. The highest BCUT2D eigenvalue weighted by Gasteiger charge is 2.36. The van der Waals surface area contributed by atoms with Gasteiger partial charge in [-0.05, 0) is 23.3 Å². The molecule has 0 unspecified atom stereocenters. The van der Waals surface area contributed by atoms with Crippen molar-refractivity contribution in [1.29, 1.82) is 0 Å². The summed E-state index contributed by atoms with van der Waals surface area (Å²) >= 11 is 0. The Kier molecular flexibility index (Phi) is 1.60. The maximum atomic E-state index is 10.1. The molecule has 14 heavy (non-hydrogen) atoms. The number of hydrogen-bond donors (Lipinski definition) is 2. The topological polar surface area (TPSA) is 41.5 Å². The zero-order valence-corrected chi connectivity index (χ0v) is 7.92. The molecule has 0 saturated carbocycles. The third-order valence-electron chi connectivity index (χ3n) is 3.06. The van der Waals surface area contributed by atoms with E-state index >= 15 is 0 Å². The van der Waals surface area contributed by atoms with Crippen LogP contribution in [0.2, 0.25) is 0 Å². The lowest BCUT2D eigenvalue weighted by atomic mass is 9.87. The zero-order chi connectivity index (χ0) is 9.60. The molecule has 0 atom stereocenters. The van der Waals surface area contributed by atoms with Crippen molar-refractivity contribution in [3.8, 4) is 5.75 Å². The molecule has 1 aromatic rings. The van der Waals surface area contributed by atoms with Crippen molar-refractivity contribution in [2.24, 2.45) is 0 Å². The van der Waals surface area contributed by atoms with Gasteiger partial charge >= 0.3 is 0 Å². The van der Waals surface area contributed by atoms with Crippen LogP contribution in [0.5, 0.6) is 5.75 Å². The third-order valence-corrected chi connectivity index (χ3v) is 3.06. The van der Waals surface area contributed by atoms with E-state index in [1.807, 2.05) is 12.1 Å². The lowest BCUT2D eigenvalue weighted by Crippen LogP contribution is -2.56. The summed E-state index contributed by atoms with van der Waals surface area (Å²) in [6.07, 6.45) is 0.965. The van der Waals surface area contributed by atoms with E-state index in [2.05, 4.69) is 11.4 Å². The third kappa shape index (κ3) is 1.06. The molecule has 0 radical (unpaired) electrons. The minimum absolute atomic E-state index is 0.641. The second kappa shape index (κ2) is 2.72. The minimum Gasteiger partial charge on any atom is -0.493 e. The van der Waals surface area contributed by atoms with Gasteiger partial charge in [0.05, 0.1) is 6.61 Å². The van der Waals surface area contributed by atoms with Crippen molar-refractivity contribution in [2.45, 2.75) is 12.0 Å². The molecule has 3 heteroatoms. The lowest BCUT2D eigenvalue weighted by Gasteiger charge is -2.38. The van der Waals surface area contributed by atoms with Crippen LogP contribution in [0.15, 0.2) is 18.2 Å². The van der Waals surface area contributed by atoms with Crippen LogP contribution < -0.4 is 10.1 Å². The predicted molar refractivity (Wildman–Crippen MR) is 52.4 cm³/mol. The predicted octanol–water partition coefficient (Wildman–Crippen LogP) is 0.412. The standard InChI is InChI=1S/C11H13NO2/c13-11(6-12-7-11)9-1-2-10-8(5-9)3-4-14-10/h1-2,5,12-13H,3-4,6-7H2. The molecule has 2 heterocycles. The molecule has 1 fully saturated rings. The van der Waals surface area contributed by atoms with Gasteiger partial charge in [-0.2, -0.15) is 0 Å². The molecule has 74 valence electrons. The molecule has 2 aliphatic heterocycles. The summed E-state index contributed by atoms with van der Waals surface area (Å²) in [5.74, 6) is 0.977. The number of nitrogens with one attached hydrogen (secondary N) is 1. The summed E-state index contributed by atoms with van der Waals surface area (Å²) in [4.78, 5) is 0. The van der Waals surface area contributed by atoms with E-state index in [1.54, 1.807) is 0 Å². The van der Waals surface area contributed by atoms with E-state index < -0.39 is 5.60 Å². The minimum atomic E-state index is -0.641. The summed E-state index contributed by atoms with van der Waals surface area (Å²) in [5, 5.41) is 13.2. The lowest BCUT2D eigenvalue weighted by molar-refractivity contribution is -0.0147. The summed E-state index contributed by atoms with van der Waals surface area (Å²) < 4.78 is 5.42. The first kappa shape index (κ1) is 8.26. The van der Waals surface area contributed by atoms with Crippen LogP contribution in [0.1, 0.15) is 11.1 Å². The first-order valence-corrected chi connectivity index (χ1v) is 4.97. The Labute approximate surface area is 82.7 Å². The summed E-state index contributed by atoms with van der Waals surface area (Å²) in [6, 6.07) is 6.00. The van der Waals surface area contributed by atoms with Crippen molar-refractivity contribution in [3.63, 3.8) is 0 Å². The van der Waals surface area contributed by atoms with E-state index in [1.165, 1.54) is 5.56 Å². The van der Waals surface area contributed by atoms with Crippen LogP contribution in [0.25, 0.3) is 0 Å². The molecule has 2 N–H and O–H groups in total. The van der Waals surface area contributed by atoms with E-state index in [0.29, 0.717) is 13.1 Å². The van der Waals surface area contributed by atoms with Crippen molar-refractivity contribution < 1.29 is 9.84 Å². The number of ether oxygens (including phenoxy) is 1. The van der Waals surface area contributed by atoms with E-state index in [4.69, 9.17) is 4.74 Å². The number of hydrogen-bond acceptors (Lipinski definition) is 3. The maximum absolute atomic E-state index is 10.1. The number of aliphatic hydroxyl groups is 1. The molecule has 3 rings (SSSR count). The molecule has 0 bridgehead atoms. The Balaban J connectivity index is 2.00. The fourth-order valence-corrected chi connectivity index (χ4v) is 2.04. The average molecular weight is 191 g/mol. The van der Waals surface area contributed by atoms with Crippen LogP contribution in [-0.2, 0) is 12.0 Å². The van der Waals surface area contributed by atoms with Crippen LogP contribution in [0.4, 0.5) is 0 Å². The highest BCUT2D eigenvalue weighted by Crippen LogP contribution is 2.32. The highest BCUT2D eigenvalue weighted by molar-refractivity contribution is 5.42. The van der Waals surface area contributed by atoms with Gasteiger partial charge in [0.25, 0.3) is 0 Å².